The van der Waals surface area contributed by atoms with E-state index >= 15 is 0 Å². The molecule has 7 heteroatoms. The topological polar surface area (TPSA) is 49.4 Å². The number of thiophene rings is 1. The van der Waals surface area contributed by atoms with Crippen LogP contribution in [0.3, 0.4) is 0 Å². The Bertz CT molecular complexity index is 985. The zero-order chi connectivity index (χ0) is 19.4. The lowest BCUT2D eigenvalue weighted by atomic mass is 10.2. The van der Waals surface area contributed by atoms with Crippen molar-refractivity contribution in [1.29, 1.82) is 0 Å². The SMILES string of the molecule is CN(C)C(=O)Sc1ccccc1NC(=O)c1ccc(-c2ccccc2F)s1. The molecule has 0 saturated carbocycles. The van der Waals surface area contributed by atoms with Gasteiger partial charge >= 0.3 is 0 Å². The Morgan fingerprint density at radius 1 is 1.00 bits per heavy atom. The van der Waals surface area contributed by atoms with Crippen LogP contribution in [0.2, 0.25) is 0 Å². The van der Waals surface area contributed by atoms with Crippen molar-refractivity contribution in [2.24, 2.45) is 0 Å². The van der Waals surface area contributed by atoms with Crippen LogP contribution in [0.15, 0.2) is 65.6 Å². The molecule has 0 bridgehead atoms. The number of anilines is 1. The normalized spacial score (nSPS) is 10.5. The number of benzene rings is 2. The Kier molecular flexibility index (Phi) is 5.93. The summed E-state index contributed by atoms with van der Waals surface area (Å²) in [5.41, 5.74) is 1.03. The Morgan fingerprint density at radius 3 is 2.44 bits per heavy atom. The van der Waals surface area contributed by atoms with Crippen molar-refractivity contribution in [3.8, 4) is 10.4 Å². The molecule has 0 unspecified atom stereocenters. The van der Waals surface area contributed by atoms with Crippen molar-refractivity contribution in [3.05, 3.63) is 71.4 Å². The van der Waals surface area contributed by atoms with E-state index in [1.54, 1.807) is 62.6 Å². The van der Waals surface area contributed by atoms with E-state index in [-0.39, 0.29) is 17.0 Å². The Hall–Kier alpha value is -2.64. The van der Waals surface area contributed by atoms with E-state index < -0.39 is 0 Å². The second-order valence-corrected chi connectivity index (χ2v) is 7.93. The summed E-state index contributed by atoms with van der Waals surface area (Å²) < 4.78 is 13.9. The first-order valence-electron chi connectivity index (χ1n) is 8.10. The van der Waals surface area contributed by atoms with Crippen molar-refractivity contribution >= 4 is 39.9 Å². The summed E-state index contributed by atoms with van der Waals surface area (Å²) in [5.74, 6) is -0.622. The highest BCUT2D eigenvalue weighted by atomic mass is 32.2. The molecule has 1 heterocycles. The molecule has 1 aromatic heterocycles. The molecule has 0 aliphatic heterocycles. The highest BCUT2D eigenvalue weighted by Gasteiger charge is 2.16. The molecule has 2 aromatic carbocycles. The van der Waals surface area contributed by atoms with Crippen LogP contribution in [0.25, 0.3) is 10.4 Å². The summed E-state index contributed by atoms with van der Waals surface area (Å²) in [6.07, 6.45) is 0. The maximum Gasteiger partial charge on any atom is 0.286 e. The molecule has 0 fully saturated rings. The predicted octanol–water partition coefficient (Wildman–Crippen LogP) is 5.58. The second-order valence-electron chi connectivity index (χ2n) is 5.86. The number of halogens is 1. The van der Waals surface area contributed by atoms with Crippen LogP contribution in [0.1, 0.15) is 9.67 Å². The first kappa shape index (κ1) is 19.1. The van der Waals surface area contributed by atoms with Crippen LogP contribution >= 0.6 is 23.1 Å². The quantitative estimate of drug-likeness (QED) is 0.582. The number of thioether (sulfide) groups is 1. The maximum atomic E-state index is 13.9. The number of nitrogens with one attached hydrogen (secondary N) is 1. The summed E-state index contributed by atoms with van der Waals surface area (Å²) in [4.78, 5) is 27.9. The number of amides is 2. The summed E-state index contributed by atoms with van der Waals surface area (Å²) >= 11 is 2.26. The Labute approximate surface area is 165 Å². The molecule has 0 radical (unpaired) electrons. The summed E-state index contributed by atoms with van der Waals surface area (Å²) in [7, 11) is 3.35. The number of nitrogens with zero attached hydrogens (tertiary/aromatic N) is 1. The smallest absolute Gasteiger partial charge is 0.286 e. The molecule has 138 valence electrons. The molecule has 0 aliphatic carbocycles. The maximum absolute atomic E-state index is 13.9. The van der Waals surface area contributed by atoms with Crippen LogP contribution in [-0.2, 0) is 0 Å². The molecule has 0 atom stereocenters. The fraction of sp³-hybridized carbons (Fsp3) is 0.100. The van der Waals surface area contributed by atoms with Crippen LogP contribution in [0.5, 0.6) is 0 Å². The molecule has 1 N–H and O–H groups in total. The van der Waals surface area contributed by atoms with Gasteiger partial charge in [-0.1, -0.05) is 30.3 Å². The molecular weight excluding hydrogens is 383 g/mol. The van der Waals surface area contributed by atoms with Crippen molar-refractivity contribution in [1.82, 2.24) is 4.90 Å². The van der Waals surface area contributed by atoms with Gasteiger partial charge in [-0.3, -0.25) is 9.59 Å². The fourth-order valence-electron chi connectivity index (χ4n) is 2.29. The molecule has 0 aliphatic rings. The van der Waals surface area contributed by atoms with E-state index in [0.29, 0.717) is 25.9 Å². The highest BCUT2D eigenvalue weighted by Crippen LogP contribution is 2.32. The minimum Gasteiger partial charge on any atom is -0.339 e. The molecule has 0 spiro atoms. The Balaban J connectivity index is 1.79. The van der Waals surface area contributed by atoms with Gasteiger partial charge in [0.1, 0.15) is 5.82 Å². The van der Waals surface area contributed by atoms with Gasteiger partial charge in [-0.15, -0.1) is 11.3 Å². The molecule has 3 aromatic rings. The molecular formula is C20H17FN2O2S2. The van der Waals surface area contributed by atoms with Gasteiger partial charge in [-0.2, -0.15) is 0 Å². The minimum absolute atomic E-state index is 0.130. The lowest BCUT2D eigenvalue weighted by molar-refractivity contribution is 0.103. The summed E-state index contributed by atoms with van der Waals surface area (Å²) in [6, 6.07) is 17.0. The first-order valence-corrected chi connectivity index (χ1v) is 9.73. The van der Waals surface area contributed by atoms with Crippen molar-refractivity contribution in [3.63, 3.8) is 0 Å². The van der Waals surface area contributed by atoms with Crippen LogP contribution in [0.4, 0.5) is 14.9 Å². The highest BCUT2D eigenvalue weighted by molar-refractivity contribution is 8.13. The van der Waals surface area contributed by atoms with Crippen LogP contribution < -0.4 is 5.32 Å². The third-order valence-electron chi connectivity index (χ3n) is 3.67. The van der Waals surface area contributed by atoms with E-state index in [1.807, 2.05) is 6.07 Å². The zero-order valence-electron chi connectivity index (χ0n) is 14.7. The van der Waals surface area contributed by atoms with Crippen molar-refractivity contribution in [2.45, 2.75) is 4.90 Å². The van der Waals surface area contributed by atoms with E-state index in [4.69, 9.17) is 0 Å². The van der Waals surface area contributed by atoms with Gasteiger partial charge < -0.3 is 10.2 Å². The number of carbonyl (C=O) groups is 2. The van der Waals surface area contributed by atoms with Gasteiger partial charge in [0.2, 0.25) is 0 Å². The number of hydrogen-bond donors (Lipinski definition) is 1. The number of rotatable bonds is 4. The minimum atomic E-state index is -0.324. The molecule has 4 nitrogen and oxygen atoms in total. The lowest BCUT2D eigenvalue weighted by Crippen LogP contribution is -2.17. The van der Waals surface area contributed by atoms with E-state index in [1.165, 1.54) is 22.3 Å². The van der Waals surface area contributed by atoms with E-state index in [2.05, 4.69) is 5.32 Å². The van der Waals surface area contributed by atoms with Gasteiger partial charge in [-0.25, -0.2) is 4.39 Å². The first-order chi connectivity index (χ1) is 13.0. The number of para-hydroxylation sites is 1. The fourth-order valence-corrected chi connectivity index (χ4v) is 3.97. The standard InChI is InChI=1S/C20H17FN2O2S2/c1-23(2)20(25)27-17-10-6-5-9-15(17)22-19(24)18-12-11-16(26-18)13-7-3-4-8-14(13)21/h3-12H,1-2H3,(H,22,24). The molecule has 2 amide bonds. The molecule has 3 rings (SSSR count). The van der Waals surface area contributed by atoms with Gasteiger partial charge in [0.25, 0.3) is 11.1 Å². The summed E-state index contributed by atoms with van der Waals surface area (Å²) in [5, 5.41) is 2.71. The Morgan fingerprint density at radius 2 is 1.70 bits per heavy atom. The van der Waals surface area contributed by atoms with Crippen LogP contribution in [0, 0.1) is 5.82 Å². The monoisotopic (exact) mass is 400 g/mol. The van der Waals surface area contributed by atoms with Gasteiger partial charge in [0, 0.05) is 29.4 Å². The molecule has 27 heavy (non-hydrogen) atoms. The second kappa shape index (κ2) is 8.37. The summed E-state index contributed by atoms with van der Waals surface area (Å²) in [6.45, 7) is 0. The average molecular weight is 401 g/mol. The third-order valence-corrected chi connectivity index (χ3v) is 5.90. The zero-order valence-corrected chi connectivity index (χ0v) is 16.4. The van der Waals surface area contributed by atoms with Crippen molar-refractivity contribution in [2.75, 3.05) is 19.4 Å². The third kappa shape index (κ3) is 4.56. The predicted molar refractivity (Wildman–Crippen MR) is 109 cm³/mol. The largest absolute Gasteiger partial charge is 0.339 e. The van der Waals surface area contributed by atoms with Gasteiger partial charge in [-0.05, 0) is 42.1 Å². The van der Waals surface area contributed by atoms with Gasteiger partial charge in [0.05, 0.1) is 10.6 Å². The van der Waals surface area contributed by atoms with Crippen LogP contribution in [-0.4, -0.2) is 30.1 Å². The van der Waals surface area contributed by atoms with E-state index in [0.717, 1.165) is 11.8 Å². The van der Waals surface area contributed by atoms with E-state index in [9.17, 15) is 14.0 Å². The lowest BCUT2D eigenvalue weighted by Gasteiger charge is -2.12. The number of hydrogen-bond acceptors (Lipinski definition) is 4. The van der Waals surface area contributed by atoms with Gasteiger partial charge in [0.15, 0.2) is 0 Å². The molecule has 0 saturated heterocycles. The van der Waals surface area contributed by atoms with Crippen molar-refractivity contribution < 1.29 is 14.0 Å². The number of carbonyl (C=O) groups excluding carboxylic acids is 2. The average Bonchev–Trinajstić information content (AvgIpc) is 3.13.